The molecule has 0 fully saturated rings. The number of amides is 1. The summed E-state index contributed by atoms with van der Waals surface area (Å²) in [6.45, 7) is 2.71. The van der Waals surface area contributed by atoms with Crippen LogP contribution in [0.5, 0.6) is 0 Å². The third kappa shape index (κ3) is 3.31. The van der Waals surface area contributed by atoms with Crippen molar-refractivity contribution < 1.29 is 4.79 Å². The van der Waals surface area contributed by atoms with Crippen LogP contribution in [0.1, 0.15) is 23.7 Å². The molecule has 4 nitrogen and oxygen atoms in total. The molecule has 1 aromatic carbocycles. The van der Waals surface area contributed by atoms with Gasteiger partial charge in [-0.3, -0.25) is 4.79 Å². The molecule has 0 atom stereocenters. The Labute approximate surface area is 112 Å². The second-order valence-electron chi connectivity index (χ2n) is 4.31. The van der Waals surface area contributed by atoms with Crippen molar-refractivity contribution in [3.8, 4) is 11.1 Å². The van der Waals surface area contributed by atoms with E-state index < -0.39 is 0 Å². The first-order valence-electron chi connectivity index (χ1n) is 6.31. The third-order valence-corrected chi connectivity index (χ3v) is 2.78. The van der Waals surface area contributed by atoms with Crippen LogP contribution in [0.3, 0.4) is 0 Å². The van der Waals surface area contributed by atoms with Gasteiger partial charge in [0.15, 0.2) is 0 Å². The molecule has 0 radical (unpaired) electrons. The van der Waals surface area contributed by atoms with E-state index in [-0.39, 0.29) is 5.91 Å². The van der Waals surface area contributed by atoms with Gasteiger partial charge in [0.05, 0.1) is 0 Å². The van der Waals surface area contributed by atoms with Gasteiger partial charge in [0.2, 0.25) is 0 Å². The Balaban J connectivity index is 2.24. The monoisotopic (exact) mass is 255 g/mol. The number of nitrogens with zero attached hydrogens (tertiary/aromatic N) is 1. The standard InChI is InChI=1S/C15H17N3O/c1-2-8-17-15(19)12-5-3-4-11(9-12)13-6-7-14(16)18-10-13/h3-7,9-10H,2,8H2,1H3,(H2,16,18)(H,17,19). The fourth-order valence-electron chi connectivity index (χ4n) is 1.76. The number of hydrogen-bond donors (Lipinski definition) is 2. The molecule has 0 unspecified atom stereocenters. The van der Waals surface area contributed by atoms with Gasteiger partial charge in [0.1, 0.15) is 5.82 Å². The fourth-order valence-corrected chi connectivity index (χ4v) is 1.76. The molecule has 98 valence electrons. The minimum Gasteiger partial charge on any atom is -0.384 e. The number of aromatic nitrogens is 1. The highest BCUT2D eigenvalue weighted by atomic mass is 16.1. The molecule has 0 aliphatic heterocycles. The summed E-state index contributed by atoms with van der Waals surface area (Å²) >= 11 is 0. The average Bonchev–Trinajstić information content (AvgIpc) is 2.45. The largest absolute Gasteiger partial charge is 0.384 e. The van der Waals surface area contributed by atoms with Crippen molar-refractivity contribution in [2.75, 3.05) is 12.3 Å². The molecule has 4 heteroatoms. The van der Waals surface area contributed by atoms with Crippen LogP contribution in [0.4, 0.5) is 5.82 Å². The summed E-state index contributed by atoms with van der Waals surface area (Å²) in [6.07, 6.45) is 2.63. The second kappa shape index (κ2) is 6.00. The van der Waals surface area contributed by atoms with Crippen molar-refractivity contribution in [1.82, 2.24) is 10.3 Å². The summed E-state index contributed by atoms with van der Waals surface area (Å²) in [7, 11) is 0. The molecule has 3 N–H and O–H groups in total. The number of anilines is 1. The van der Waals surface area contributed by atoms with Gasteiger partial charge in [-0.2, -0.15) is 0 Å². The number of benzene rings is 1. The third-order valence-electron chi connectivity index (χ3n) is 2.78. The minimum atomic E-state index is -0.0490. The van der Waals surface area contributed by atoms with E-state index in [1.807, 2.05) is 31.2 Å². The highest BCUT2D eigenvalue weighted by Gasteiger charge is 2.06. The lowest BCUT2D eigenvalue weighted by Crippen LogP contribution is -2.23. The normalized spacial score (nSPS) is 10.2. The van der Waals surface area contributed by atoms with Gasteiger partial charge in [0.25, 0.3) is 5.91 Å². The van der Waals surface area contributed by atoms with Crippen LogP contribution in [0.15, 0.2) is 42.6 Å². The van der Waals surface area contributed by atoms with Crippen molar-refractivity contribution >= 4 is 11.7 Å². The van der Waals surface area contributed by atoms with Crippen molar-refractivity contribution in [1.29, 1.82) is 0 Å². The predicted octanol–water partition coefficient (Wildman–Crippen LogP) is 2.47. The van der Waals surface area contributed by atoms with Gasteiger partial charge in [-0.05, 0) is 36.2 Å². The lowest BCUT2D eigenvalue weighted by molar-refractivity contribution is 0.0953. The summed E-state index contributed by atoms with van der Waals surface area (Å²) < 4.78 is 0. The maximum Gasteiger partial charge on any atom is 0.251 e. The van der Waals surface area contributed by atoms with Crippen molar-refractivity contribution in [2.24, 2.45) is 0 Å². The first-order valence-corrected chi connectivity index (χ1v) is 6.31. The number of pyridine rings is 1. The van der Waals surface area contributed by atoms with Crippen LogP contribution in [0, 0.1) is 0 Å². The lowest BCUT2D eigenvalue weighted by atomic mass is 10.0. The number of rotatable bonds is 4. The maximum atomic E-state index is 11.9. The average molecular weight is 255 g/mol. The number of nitrogens with two attached hydrogens (primary N) is 1. The van der Waals surface area contributed by atoms with Crippen LogP contribution in [0.25, 0.3) is 11.1 Å². The van der Waals surface area contributed by atoms with Gasteiger partial charge in [-0.15, -0.1) is 0 Å². The first-order chi connectivity index (χ1) is 9.20. The quantitative estimate of drug-likeness (QED) is 0.881. The van der Waals surface area contributed by atoms with Gasteiger partial charge >= 0.3 is 0 Å². The molecule has 1 heterocycles. The molecular weight excluding hydrogens is 238 g/mol. The van der Waals surface area contributed by atoms with Crippen molar-refractivity contribution in [2.45, 2.75) is 13.3 Å². The van der Waals surface area contributed by atoms with E-state index in [1.165, 1.54) is 0 Å². The van der Waals surface area contributed by atoms with E-state index in [1.54, 1.807) is 18.3 Å². The highest BCUT2D eigenvalue weighted by molar-refractivity contribution is 5.95. The molecule has 0 aliphatic carbocycles. The molecular formula is C15H17N3O. The summed E-state index contributed by atoms with van der Waals surface area (Å²) in [4.78, 5) is 16.0. The lowest BCUT2D eigenvalue weighted by Gasteiger charge is -2.06. The number of carbonyl (C=O) groups is 1. The number of hydrogen-bond acceptors (Lipinski definition) is 3. The number of nitrogen functional groups attached to an aromatic ring is 1. The Morgan fingerprint density at radius 3 is 2.79 bits per heavy atom. The van der Waals surface area contributed by atoms with Crippen molar-refractivity contribution in [3.63, 3.8) is 0 Å². The smallest absolute Gasteiger partial charge is 0.251 e. The maximum absolute atomic E-state index is 11.9. The Morgan fingerprint density at radius 2 is 2.11 bits per heavy atom. The number of nitrogens with one attached hydrogen (secondary N) is 1. The zero-order chi connectivity index (χ0) is 13.7. The zero-order valence-electron chi connectivity index (χ0n) is 10.9. The molecule has 2 aromatic rings. The Kier molecular flexibility index (Phi) is 4.13. The van der Waals surface area contributed by atoms with E-state index >= 15 is 0 Å². The van der Waals surface area contributed by atoms with Crippen LogP contribution >= 0.6 is 0 Å². The van der Waals surface area contributed by atoms with E-state index in [2.05, 4.69) is 10.3 Å². The second-order valence-corrected chi connectivity index (χ2v) is 4.31. The summed E-state index contributed by atoms with van der Waals surface area (Å²) in [5.74, 6) is 0.438. The molecule has 0 spiro atoms. The van der Waals surface area contributed by atoms with Crippen LogP contribution in [0.2, 0.25) is 0 Å². The molecule has 1 aromatic heterocycles. The Hall–Kier alpha value is -2.36. The molecule has 0 saturated carbocycles. The van der Waals surface area contributed by atoms with E-state index in [4.69, 9.17) is 5.73 Å². The molecule has 0 bridgehead atoms. The zero-order valence-corrected chi connectivity index (χ0v) is 10.9. The van der Waals surface area contributed by atoms with E-state index in [0.29, 0.717) is 17.9 Å². The summed E-state index contributed by atoms with van der Waals surface area (Å²) in [5.41, 5.74) is 8.12. The van der Waals surface area contributed by atoms with Gasteiger partial charge in [0, 0.05) is 23.9 Å². The topological polar surface area (TPSA) is 68.0 Å². The molecule has 0 aliphatic rings. The summed E-state index contributed by atoms with van der Waals surface area (Å²) in [5, 5.41) is 2.86. The van der Waals surface area contributed by atoms with Crippen LogP contribution < -0.4 is 11.1 Å². The van der Waals surface area contributed by atoms with Gasteiger partial charge in [-0.1, -0.05) is 19.1 Å². The first kappa shape index (κ1) is 13.1. The number of carbonyl (C=O) groups excluding carboxylic acids is 1. The predicted molar refractivity (Wildman–Crippen MR) is 76.7 cm³/mol. The van der Waals surface area contributed by atoms with Crippen LogP contribution in [-0.4, -0.2) is 17.4 Å². The van der Waals surface area contributed by atoms with Gasteiger partial charge in [-0.25, -0.2) is 4.98 Å². The molecule has 2 rings (SSSR count). The Bertz CT molecular complexity index is 564. The molecule has 0 saturated heterocycles. The van der Waals surface area contributed by atoms with Crippen molar-refractivity contribution in [3.05, 3.63) is 48.2 Å². The van der Waals surface area contributed by atoms with Crippen LogP contribution in [-0.2, 0) is 0 Å². The SMILES string of the molecule is CCCNC(=O)c1cccc(-c2ccc(N)nc2)c1. The fraction of sp³-hybridized carbons (Fsp3) is 0.200. The summed E-state index contributed by atoms with van der Waals surface area (Å²) in [6, 6.07) is 11.1. The minimum absolute atomic E-state index is 0.0490. The highest BCUT2D eigenvalue weighted by Crippen LogP contribution is 2.20. The van der Waals surface area contributed by atoms with E-state index in [0.717, 1.165) is 17.5 Å². The van der Waals surface area contributed by atoms with E-state index in [9.17, 15) is 4.79 Å². The Morgan fingerprint density at radius 1 is 1.26 bits per heavy atom. The molecule has 19 heavy (non-hydrogen) atoms. The van der Waals surface area contributed by atoms with Gasteiger partial charge < -0.3 is 11.1 Å². The molecule has 1 amide bonds.